The van der Waals surface area contributed by atoms with Crippen molar-refractivity contribution in [3.05, 3.63) is 65.0 Å². The number of aromatic nitrogens is 1. The predicted octanol–water partition coefficient (Wildman–Crippen LogP) is 4.58. The third-order valence-electron chi connectivity index (χ3n) is 10.6. The number of amides is 3. The monoisotopic (exact) mass is 714 g/mol. The SMILES string of the molecule is C#CC[C@H](NC(=O)[C@@H](CC(=O)N(C)CCc1cc2c(cn1)C(=O)CCC2)Cc1ccccc1)C(=O)N[C@@H](CC1CCCCC1)[C@@H](O)[C@@H](O)CC(C)C. The fourth-order valence-corrected chi connectivity index (χ4v) is 7.50. The van der Waals surface area contributed by atoms with Crippen LogP contribution in [0, 0.1) is 30.1 Å². The molecule has 1 aromatic heterocycles. The molecule has 5 atom stereocenters. The van der Waals surface area contributed by atoms with E-state index in [1.54, 1.807) is 18.1 Å². The molecule has 1 heterocycles. The van der Waals surface area contributed by atoms with Crippen LogP contribution in [-0.2, 0) is 33.6 Å². The highest BCUT2D eigenvalue weighted by molar-refractivity contribution is 5.98. The van der Waals surface area contributed by atoms with Crippen LogP contribution in [0.15, 0.2) is 42.6 Å². The summed E-state index contributed by atoms with van der Waals surface area (Å²) in [6, 6.07) is 9.58. The van der Waals surface area contributed by atoms with Gasteiger partial charge >= 0.3 is 0 Å². The average Bonchev–Trinajstić information content (AvgIpc) is 3.13. The van der Waals surface area contributed by atoms with E-state index in [1.807, 2.05) is 50.2 Å². The van der Waals surface area contributed by atoms with Crippen molar-refractivity contribution >= 4 is 23.5 Å². The fourth-order valence-electron chi connectivity index (χ4n) is 7.50. The zero-order valence-corrected chi connectivity index (χ0v) is 31.2. The quantitative estimate of drug-likeness (QED) is 0.165. The Morgan fingerprint density at radius 1 is 1.02 bits per heavy atom. The second kappa shape index (κ2) is 20.2. The van der Waals surface area contributed by atoms with Gasteiger partial charge in [-0.3, -0.25) is 24.2 Å². The Balaban J connectivity index is 1.44. The smallest absolute Gasteiger partial charge is 0.243 e. The van der Waals surface area contributed by atoms with E-state index in [0.29, 0.717) is 43.7 Å². The number of benzene rings is 1. The zero-order valence-electron chi connectivity index (χ0n) is 31.2. The van der Waals surface area contributed by atoms with Crippen LogP contribution < -0.4 is 10.6 Å². The summed E-state index contributed by atoms with van der Waals surface area (Å²) >= 11 is 0. The fraction of sp³-hybridized carbons (Fsp3) is 0.595. The molecule has 10 heteroatoms. The number of rotatable bonds is 18. The number of terminal acetylenes is 1. The van der Waals surface area contributed by atoms with Gasteiger partial charge in [0.25, 0.3) is 0 Å². The van der Waals surface area contributed by atoms with Crippen LogP contribution in [0.2, 0.25) is 0 Å². The molecule has 10 nitrogen and oxygen atoms in total. The van der Waals surface area contributed by atoms with E-state index in [-0.39, 0.29) is 36.9 Å². The summed E-state index contributed by atoms with van der Waals surface area (Å²) in [5.74, 6) is 1.09. The molecule has 4 rings (SSSR count). The van der Waals surface area contributed by atoms with Gasteiger partial charge in [0.1, 0.15) is 12.1 Å². The highest BCUT2D eigenvalue weighted by Gasteiger charge is 2.34. The number of hydrogen-bond donors (Lipinski definition) is 4. The van der Waals surface area contributed by atoms with Gasteiger partial charge in [0, 0.05) is 56.7 Å². The lowest BCUT2D eigenvalue weighted by molar-refractivity contribution is -0.136. The van der Waals surface area contributed by atoms with Crippen molar-refractivity contribution in [2.75, 3.05) is 13.6 Å². The normalized spacial score (nSPS) is 17.6. The Morgan fingerprint density at radius 3 is 2.44 bits per heavy atom. The number of aliphatic hydroxyl groups excluding tert-OH is 2. The number of fused-ring (bicyclic) bond motifs is 1. The van der Waals surface area contributed by atoms with Gasteiger partial charge in [-0.15, -0.1) is 12.3 Å². The molecule has 0 bridgehead atoms. The summed E-state index contributed by atoms with van der Waals surface area (Å²) in [5, 5.41) is 27.9. The summed E-state index contributed by atoms with van der Waals surface area (Å²) in [6.45, 7) is 4.32. The van der Waals surface area contributed by atoms with E-state index >= 15 is 0 Å². The first-order valence-corrected chi connectivity index (χ1v) is 19.1. The minimum absolute atomic E-state index is 0.0797. The van der Waals surface area contributed by atoms with Crippen molar-refractivity contribution in [1.82, 2.24) is 20.5 Å². The van der Waals surface area contributed by atoms with E-state index < -0.39 is 42.0 Å². The first kappa shape index (κ1) is 40.7. The molecule has 0 saturated heterocycles. The van der Waals surface area contributed by atoms with Gasteiger partial charge in [0.05, 0.1) is 18.1 Å². The molecule has 0 radical (unpaired) electrons. The number of likely N-dealkylation sites (N-methyl/N-ethyl adjacent to an activating group) is 1. The van der Waals surface area contributed by atoms with Crippen LogP contribution in [0.5, 0.6) is 0 Å². The molecule has 0 aliphatic heterocycles. The highest BCUT2D eigenvalue weighted by Crippen LogP contribution is 2.29. The van der Waals surface area contributed by atoms with E-state index in [0.717, 1.165) is 55.3 Å². The van der Waals surface area contributed by atoms with Crippen molar-refractivity contribution in [3.63, 3.8) is 0 Å². The maximum Gasteiger partial charge on any atom is 0.243 e. The second-order valence-corrected chi connectivity index (χ2v) is 15.3. The minimum atomic E-state index is -1.17. The van der Waals surface area contributed by atoms with Gasteiger partial charge in [-0.2, -0.15) is 0 Å². The molecule has 4 N–H and O–H groups in total. The number of aryl methyl sites for hydroxylation is 1. The third kappa shape index (κ3) is 12.3. The van der Waals surface area contributed by atoms with Crippen LogP contribution in [0.1, 0.15) is 112 Å². The summed E-state index contributed by atoms with van der Waals surface area (Å²) < 4.78 is 0. The third-order valence-corrected chi connectivity index (χ3v) is 10.6. The molecule has 1 fully saturated rings. The molecule has 3 amide bonds. The number of ketones is 1. The maximum absolute atomic E-state index is 13.9. The number of carbonyl (C=O) groups excluding carboxylic acids is 4. The standard InChI is InChI=1S/C42H58N4O6/c1-5-13-35(42(52)45-36(24-30-16-10-7-11-17-30)40(50)38(48)22-28(2)3)44-41(51)32(23-29-14-8-6-9-15-29)26-39(49)46(4)21-20-33-25-31-18-12-19-37(47)34(31)27-43-33/h1,6,8-9,14-15,25,27-28,30,32,35-36,38,40,48,50H,7,10-13,16-24,26H2,2-4H3,(H,44,51)(H,45,52)/t32-,35+,36+,38+,40-/m1/s1. The van der Waals surface area contributed by atoms with Gasteiger partial charge in [-0.05, 0) is 61.1 Å². The number of hydrogen-bond acceptors (Lipinski definition) is 7. The largest absolute Gasteiger partial charge is 0.390 e. The van der Waals surface area contributed by atoms with Crippen LogP contribution in [0.4, 0.5) is 0 Å². The molecule has 52 heavy (non-hydrogen) atoms. The van der Waals surface area contributed by atoms with Gasteiger partial charge in [0.2, 0.25) is 17.7 Å². The molecule has 0 unspecified atom stereocenters. The second-order valence-electron chi connectivity index (χ2n) is 15.3. The summed E-state index contributed by atoms with van der Waals surface area (Å²) in [4.78, 5) is 59.6. The number of nitrogens with one attached hydrogen (secondary N) is 2. The van der Waals surface area contributed by atoms with E-state index in [9.17, 15) is 29.4 Å². The lowest BCUT2D eigenvalue weighted by atomic mass is 9.82. The average molecular weight is 715 g/mol. The Labute approximate surface area is 309 Å². The summed E-state index contributed by atoms with van der Waals surface area (Å²) in [7, 11) is 1.70. The van der Waals surface area contributed by atoms with Crippen LogP contribution in [0.25, 0.3) is 0 Å². The molecule has 282 valence electrons. The predicted molar refractivity (Wildman–Crippen MR) is 201 cm³/mol. The summed E-state index contributed by atoms with van der Waals surface area (Å²) in [6.07, 6.45) is 14.2. The molecule has 2 aliphatic carbocycles. The van der Waals surface area contributed by atoms with Gasteiger partial charge in [0.15, 0.2) is 5.78 Å². The van der Waals surface area contributed by atoms with Crippen LogP contribution in [-0.4, -0.2) is 81.5 Å². The maximum atomic E-state index is 13.9. The first-order chi connectivity index (χ1) is 24.9. The number of Topliss-reactive ketones (excluding diaryl/α,β-unsaturated/α-hetero) is 1. The van der Waals surface area contributed by atoms with Crippen molar-refractivity contribution in [2.45, 2.75) is 128 Å². The highest BCUT2D eigenvalue weighted by atomic mass is 16.3. The minimum Gasteiger partial charge on any atom is -0.390 e. The Bertz CT molecular complexity index is 1530. The summed E-state index contributed by atoms with van der Waals surface area (Å²) in [5.41, 5.74) is 3.37. The lowest BCUT2D eigenvalue weighted by Crippen LogP contribution is -2.56. The molecule has 2 aliphatic rings. The van der Waals surface area contributed by atoms with Crippen molar-refractivity contribution in [2.24, 2.45) is 17.8 Å². The molecular weight excluding hydrogens is 656 g/mol. The molecule has 1 aromatic carbocycles. The van der Waals surface area contributed by atoms with Gasteiger partial charge < -0.3 is 25.7 Å². The van der Waals surface area contributed by atoms with E-state index in [1.165, 1.54) is 6.42 Å². The number of nitrogens with zero attached hydrogens (tertiary/aromatic N) is 2. The lowest BCUT2D eigenvalue weighted by Gasteiger charge is -2.33. The Hall–Kier alpha value is -4.07. The van der Waals surface area contributed by atoms with Gasteiger partial charge in [-0.25, -0.2) is 0 Å². The number of pyridine rings is 1. The van der Waals surface area contributed by atoms with Crippen molar-refractivity contribution < 1.29 is 29.4 Å². The van der Waals surface area contributed by atoms with Crippen LogP contribution >= 0.6 is 0 Å². The number of carbonyl (C=O) groups is 4. The van der Waals surface area contributed by atoms with Gasteiger partial charge in [-0.1, -0.05) is 76.3 Å². The van der Waals surface area contributed by atoms with Crippen LogP contribution in [0.3, 0.4) is 0 Å². The van der Waals surface area contributed by atoms with E-state index in [2.05, 4.69) is 21.5 Å². The van der Waals surface area contributed by atoms with Crippen molar-refractivity contribution in [3.8, 4) is 12.3 Å². The topological polar surface area (TPSA) is 149 Å². The van der Waals surface area contributed by atoms with E-state index in [4.69, 9.17) is 6.42 Å². The number of aliphatic hydroxyl groups is 2. The Kier molecular flexibility index (Phi) is 15.8. The Morgan fingerprint density at radius 2 is 1.75 bits per heavy atom. The molecular formula is C42H58N4O6. The zero-order chi connectivity index (χ0) is 37.6. The first-order valence-electron chi connectivity index (χ1n) is 19.1. The van der Waals surface area contributed by atoms with Crippen molar-refractivity contribution in [1.29, 1.82) is 0 Å². The molecule has 2 aromatic rings. The molecule has 0 spiro atoms. The molecule has 1 saturated carbocycles.